The van der Waals surface area contributed by atoms with Crippen molar-refractivity contribution in [1.82, 2.24) is 9.97 Å². The second-order valence-electron chi connectivity index (χ2n) is 9.49. The summed E-state index contributed by atoms with van der Waals surface area (Å²) in [6, 6.07) is 13.8. The Morgan fingerprint density at radius 2 is 1.36 bits per heavy atom. The zero-order valence-corrected chi connectivity index (χ0v) is 22.9. The van der Waals surface area contributed by atoms with Gasteiger partial charge in [0.15, 0.2) is 11.6 Å². The molecule has 3 rings (SSSR count). The summed E-state index contributed by atoms with van der Waals surface area (Å²) in [5, 5.41) is 19.3. The van der Waals surface area contributed by atoms with Crippen molar-refractivity contribution in [1.29, 1.82) is 10.5 Å². The highest BCUT2D eigenvalue weighted by Gasteiger charge is 2.19. The molecular formula is C32H36N4O3. The first-order valence-electron chi connectivity index (χ1n) is 13.8. The largest absolute Gasteiger partial charge is 0.492 e. The van der Waals surface area contributed by atoms with Gasteiger partial charge in [-0.2, -0.15) is 10.5 Å². The molecule has 0 spiro atoms. The molecule has 0 bridgehead atoms. The predicted octanol–water partition coefficient (Wildman–Crippen LogP) is 7.58. The molecule has 0 amide bonds. The minimum absolute atomic E-state index is 0.0209. The summed E-state index contributed by atoms with van der Waals surface area (Å²) in [6.45, 7) is 4.80. The van der Waals surface area contributed by atoms with Crippen LogP contribution in [-0.2, 0) is 6.42 Å². The Balaban J connectivity index is 1.63. The summed E-state index contributed by atoms with van der Waals surface area (Å²) in [4.78, 5) is 21.8. The molecule has 0 unspecified atom stereocenters. The fourth-order valence-electron chi connectivity index (χ4n) is 4.18. The van der Waals surface area contributed by atoms with E-state index in [9.17, 15) is 15.3 Å². The van der Waals surface area contributed by atoms with Crippen LogP contribution >= 0.6 is 0 Å². The molecular weight excluding hydrogens is 488 g/mol. The van der Waals surface area contributed by atoms with E-state index in [1.54, 1.807) is 30.3 Å². The Bertz CT molecular complexity index is 1290. The molecule has 0 atom stereocenters. The molecule has 0 radical (unpaired) electrons. The molecule has 0 saturated heterocycles. The number of esters is 1. The van der Waals surface area contributed by atoms with Crippen molar-refractivity contribution in [2.24, 2.45) is 0 Å². The van der Waals surface area contributed by atoms with Gasteiger partial charge in [-0.05, 0) is 49.1 Å². The molecule has 1 heterocycles. The van der Waals surface area contributed by atoms with Gasteiger partial charge in [-0.25, -0.2) is 14.8 Å². The van der Waals surface area contributed by atoms with E-state index in [0.717, 1.165) is 49.7 Å². The standard InChI is InChI=1S/C32H36N4O3/c1-3-5-7-9-10-12-24-22-35-31(36-23-24)25-13-15-26(16-14-25)32(37)39-30-18-17-29(27(20-33)28(30)21-34)38-19-11-8-6-4-2/h13-18,22-23H,3-12,19H2,1-2H3. The first kappa shape index (κ1) is 29.3. The summed E-state index contributed by atoms with van der Waals surface area (Å²) in [6.07, 6.45) is 15.0. The molecule has 202 valence electrons. The Morgan fingerprint density at radius 1 is 0.769 bits per heavy atom. The number of unbranched alkanes of at least 4 members (excludes halogenated alkanes) is 7. The van der Waals surface area contributed by atoms with Gasteiger partial charge < -0.3 is 9.47 Å². The summed E-state index contributed by atoms with van der Waals surface area (Å²) >= 11 is 0. The molecule has 0 fully saturated rings. The minimum atomic E-state index is -0.630. The number of carbonyl (C=O) groups is 1. The Morgan fingerprint density at radius 3 is 2.00 bits per heavy atom. The van der Waals surface area contributed by atoms with E-state index in [1.807, 2.05) is 24.5 Å². The lowest BCUT2D eigenvalue weighted by atomic mass is 10.1. The highest BCUT2D eigenvalue weighted by Crippen LogP contribution is 2.30. The van der Waals surface area contributed by atoms with Gasteiger partial charge >= 0.3 is 5.97 Å². The Kier molecular flexibility index (Phi) is 12.0. The summed E-state index contributed by atoms with van der Waals surface area (Å²) in [5.74, 6) is 0.294. The predicted molar refractivity (Wildman–Crippen MR) is 150 cm³/mol. The quantitative estimate of drug-likeness (QED) is 0.114. The van der Waals surface area contributed by atoms with Crippen LogP contribution in [0.2, 0.25) is 0 Å². The third-order valence-electron chi connectivity index (χ3n) is 6.46. The number of ether oxygens (including phenoxy) is 2. The van der Waals surface area contributed by atoms with Crippen LogP contribution in [0.3, 0.4) is 0 Å². The maximum atomic E-state index is 12.8. The number of hydrogen-bond acceptors (Lipinski definition) is 7. The third kappa shape index (κ3) is 8.65. The van der Waals surface area contributed by atoms with Crippen LogP contribution in [-0.4, -0.2) is 22.5 Å². The van der Waals surface area contributed by atoms with E-state index in [0.29, 0.717) is 23.7 Å². The van der Waals surface area contributed by atoms with Crippen LogP contribution in [0.4, 0.5) is 0 Å². The van der Waals surface area contributed by atoms with Gasteiger partial charge in [0.05, 0.1) is 12.2 Å². The SMILES string of the molecule is CCCCCCCc1cnc(-c2ccc(C(=O)Oc3ccc(OCCCCCC)c(C#N)c3C#N)cc2)nc1. The average molecular weight is 525 g/mol. The van der Waals surface area contributed by atoms with Crippen molar-refractivity contribution in [3.8, 4) is 35.0 Å². The summed E-state index contributed by atoms with van der Waals surface area (Å²) < 4.78 is 11.2. The fraction of sp³-hybridized carbons (Fsp3) is 0.406. The molecule has 0 aliphatic carbocycles. The molecule has 7 nitrogen and oxygen atoms in total. The van der Waals surface area contributed by atoms with E-state index in [2.05, 4.69) is 23.8 Å². The number of benzene rings is 2. The van der Waals surface area contributed by atoms with Crippen molar-refractivity contribution < 1.29 is 14.3 Å². The number of rotatable bonds is 15. The average Bonchev–Trinajstić information content (AvgIpc) is 2.97. The molecule has 0 aliphatic rings. The fourth-order valence-corrected chi connectivity index (χ4v) is 4.18. The normalized spacial score (nSPS) is 10.5. The van der Waals surface area contributed by atoms with Gasteiger partial charge in [-0.3, -0.25) is 0 Å². The topological polar surface area (TPSA) is 109 Å². The summed E-state index contributed by atoms with van der Waals surface area (Å²) in [7, 11) is 0. The van der Waals surface area contributed by atoms with E-state index in [-0.39, 0.29) is 16.9 Å². The zero-order valence-electron chi connectivity index (χ0n) is 22.9. The van der Waals surface area contributed by atoms with Gasteiger partial charge in [0.1, 0.15) is 29.0 Å². The second kappa shape index (κ2) is 15.9. The van der Waals surface area contributed by atoms with Crippen LogP contribution in [0, 0.1) is 22.7 Å². The van der Waals surface area contributed by atoms with Crippen LogP contribution in [0.5, 0.6) is 11.5 Å². The maximum Gasteiger partial charge on any atom is 0.343 e. The van der Waals surface area contributed by atoms with Crippen molar-refractivity contribution in [3.05, 3.63) is 71.0 Å². The van der Waals surface area contributed by atoms with Crippen LogP contribution in [0.1, 0.15) is 98.7 Å². The van der Waals surface area contributed by atoms with E-state index >= 15 is 0 Å². The Labute approximate surface area is 231 Å². The highest BCUT2D eigenvalue weighted by atomic mass is 16.5. The lowest BCUT2D eigenvalue weighted by Gasteiger charge is -2.12. The molecule has 1 aromatic heterocycles. The summed E-state index contributed by atoms with van der Waals surface area (Å²) in [5.41, 5.74) is 2.25. The number of aromatic nitrogens is 2. The van der Waals surface area contributed by atoms with Gasteiger partial charge in [-0.15, -0.1) is 0 Å². The Hall–Kier alpha value is -4.23. The molecule has 3 aromatic rings. The monoisotopic (exact) mass is 524 g/mol. The van der Waals surface area contributed by atoms with Crippen LogP contribution < -0.4 is 9.47 Å². The number of nitriles is 2. The molecule has 0 saturated carbocycles. The first-order valence-corrected chi connectivity index (χ1v) is 13.8. The van der Waals surface area contributed by atoms with Gasteiger partial charge in [0.25, 0.3) is 0 Å². The lowest BCUT2D eigenvalue weighted by Crippen LogP contribution is -2.10. The third-order valence-corrected chi connectivity index (χ3v) is 6.46. The van der Waals surface area contributed by atoms with Gasteiger partial charge in [0.2, 0.25) is 0 Å². The lowest BCUT2D eigenvalue weighted by molar-refractivity contribution is 0.0734. The molecule has 7 heteroatoms. The number of aryl methyl sites for hydroxylation is 1. The van der Waals surface area contributed by atoms with Gasteiger partial charge in [-0.1, -0.05) is 70.9 Å². The number of nitrogens with zero attached hydrogens (tertiary/aromatic N) is 4. The van der Waals surface area contributed by atoms with E-state index in [1.165, 1.54) is 31.7 Å². The zero-order chi connectivity index (χ0) is 27.9. The molecule has 39 heavy (non-hydrogen) atoms. The molecule has 2 aromatic carbocycles. The second-order valence-corrected chi connectivity index (χ2v) is 9.49. The van der Waals surface area contributed by atoms with Gasteiger partial charge in [0, 0.05) is 18.0 Å². The van der Waals surface area contributed by atoms with Crippen molar-refractivity contribution >= 4 is 5.97 Å². The van der Waals surface area contributed by atoms with Crippen molar-refractivity contribution in [2.45, 2.75) is 78.1 Å². The number of hydrogen-bond donors (Lipinski definition) is 0. The highest BCUT2D eigenvalue weighted by molar-refractivity contribution is 5.92. The minimum Gasteiger partial charge on any atom is -0.492 e. The molecule has 0 aliphatic heterocycles. The van der Waals surface area contributed by atoms with E-state index < -0.39 is 5.97 Å². The maximum absolute atomic E-state index is 12.8. The van der Waals surface area contributed by atoms with Crippen LogP contribution in [0.15, 0.2) is 48.8 Å². The van der Waals surface area contributed by atoms with Crippen molar-refractivity contribution in [3.63, 3.8) is 0 Å². The van der Waals surface area contributed by atoms with Crippen LogP contribution in [0.25, 0.3) is 11.4 Å². The van der Waals surface area contributed by atoms with E-state index in [4.69, 9.17) is 9.47 Å². The smallest absolute Gasteiger partial charge is 0.343 e. The van der Waals surface area contributed by atoms with Crippen molar-refractivity contribution in [2.75, 3.05) is 6.61 Å². The molecule has 0 N–H and O–H groups in total. The first-order chi connectivity index (χ1) is 19.1. The number of carbonyl (C=O) groups excluding carboxylic acids is 1.